The van der Waals surface area contributed by atoms with Crippen molar-refractivity contribution in [1.82, 2.24) is 4.90 Å². The second-order valence-corrected chi connectivity index (χ2v) is 8.23. The van der Waals surface area contributed by atoms with Crippen molar-refractivity contribution >= 4 is 28.5 Å². The maximum Gasteiger partial charge on any atom is 0.257 e. The van der Waals surface area contributed by atoms with Crippen LogP contribution in [0.4, 0.5) is 21.5 Å². The van der Waals surface area contributed by atoms with Gasteiger partial charge in [0.05, 0.1) is 5.57 Å². The van der Waals surface area contributed by atoms with Crippen molar-refractivity contribution in [3.05, 3.63) is 59.5 Å². The molecule has 0 aromatic heterocycles. The maximum absolute atomic E-state index is 13.6. The Hall–Kier alpha value is -2.86. The van der Waals surface area contributed by atoms with Crippen LogP contribution in [0.1, 0.15) is 38.8 Å². The number of fused-ring (bicyclic) bond motifs is 1. The van der Waals surface area contributed by atoms with E-state index in [0.29, 0.717) is 28.9 Å². The summed E-state index contributed by atoms with van der Waals surface area (Å²) in [6.07, 6.45) is 1.63. The van der Waals surface area contributed by atoms with Gasteiger partial charge >= 0.3 is 0 Å². The van der Waals surface area contributed by atoms with Gasteiger partial charge in [-0.05, 0) is 76.6 Å². The highest BCUT2D eigenvalue weighted by molar-refractivity contribution is 6.31. The van der Waals surface area contributed by atoms with Crippen LogP contribution in [0.25, 0.3) is 5.57 Å². The minimum atomic E-state index is -0.365. The Morgan fingerprint density at radius 2 is 1.83 bits per heavy atom. The molecule has 3 N–H and O–H groups in total. The highest BCUT2D eigenvalue weighted by atomic mass is 19.1. The molecule has 3 rings (SSSR count). The molecule has 5 nitrogen and oxygen atoms in total. The average molecular weight is 411 g/mol. The number of nitrogens with zero attached hydrogens (tertiary/aromatic N) is 1. The van der Waals surface area contributed by atoms with Gasteiger partial charge in [0.2, 0.25) is 0 Å². The van der Waals surface area contributed by atoms with Crippen LogP contribution < -0.4 is 16.0 Å². The van der Waals surface area contributed by atoms with Gasteiger partial charge in [-0.25, -0.2) is 4.39 Å². The number of aryl methyl sites for hydroxylation is 1. The summed E-state index contributed by atoms with van der Waals surface area (Å²) < 4.78 is 13.6. The van der Waals surface area contributed by atoms with Crippen molar-refractivity contribution in [3.63, 3.8) is 0 Å². The molecule has 0 fully saturated rings. The fourth-order valence-electron chi connectivity index (χ4n) is 3.84. The molecule has 1 amide bonds. The number of hydrogen-bond donors (Lipinski definition) is 3. The third-order valence-electron chi connectivity index (χ3n) is 5.39. The molecule has 1 heterocycles. The Bertz CT molecular complexity index is 944. The molecule has 6 heteroatoms. The summed E-state index contributed by atoms with van der Waals surface area (Å²) in [6, 6.07) is 11.3. The van der Waals surface area contributed by atoms with Crippen LogP contribution in [0.5, 0.6) is 0 Å². The molecule has 1 aliphatic rings. The molecule has 0 saturated heterocycles. The zero-order valence-electron chi connectivity index (χ0n) is 18.3. The van der Waals surface area contributed by atoms with Crippen LogP contribution in [-0.4, -0.2) is 36.0 Å². The lowest BCUT2D eigenvalue weighted by molar-refractivity contribution is -0.110. The van der Waals surface area contributed by atoms with Crippen LogP contribution in [-0.2, 0) is 4.79 Å². The van der Waals surface area contributed by atoms with Crippen molar-refractivity contribution in [2.45, 2.75) is 46.7 Å². The molecular formula is C24H31FN4O. The summed E-state index contributed by atoms with van der Waals surface area (Å²) >= 11 is 0. The van der Waals surface area contributed by atoms with Gasteiger partial charge in [0.15, 0.2) is 0 Å². The first kappa shape index (κ1) is 21.8. The van der Waals surface area contributed by atoms with E-state index in [1.54, 1.807) is 12.3 Å². The topological polar surface area (TPSA) is 56.4 Å². The molecule has 0 radical (unpaired) electrons. The normalized spacial score (nSPS) is 14.6. The van der Waals surface area contributed by atoms with Gasteiger partial charge in [0.1, 0.15) is 5.82 Å². The Morgan fingerprint density at radius 1 is 1.10 bits per heavy atom. The van der Waals surface area contributed by atoms with E-state index in [1.807, 2.05) is 18.2 Å². The van der Waals surface area contributed by atoms with Crippen molar-refractivity contribution in [3.8, 4) is 0 Å². The van der Waals surface area contributed by atoms with Crippen LogP contribution in [0.3, 0.4) is 0 Å². The summed E-state index contributed by atoms with van der Waals surface area (Å²) in [5, 5.41) is 9.43. The smallest absolute Gasteiger partial charge is 0.257 e. The highest BCUT2D eigenvalue weighted by Crippen LogP contribution is 2.32. The molecule has 2 aromatic rings. The second-order valence-electron chi connectivity index (χ2n) is 8.23. The minimum absolute atomic E-state index is 0.238. The Labute approximate surface area is 178 Å². The number of benzene rings is 2. The molecule has 2 aromatic carbocycles. The van der Waals surface area contributed by atoms with E-state index in [4.69, 9.17) is 0 Å². The summed E-state index contributed by atoms with van der Waals surface area (Å²) in [5.74, 6) is -0.603. The zero-order chi connectivity index (χ0) is 21.8. The number of hydrogen-bond acceptors (Lipinski definition) is 4. The third kappa shape index (κ3) is 5.00. The summed E-state index contributed by atoms with van der Waals surface area (Å²) in [7, 11) is 0. The lowest BCUT2D eigenvalue weighted by atomic mass is 10.1. The van der Waals surface area contributed by atoms with Gasteiger partial charge in [-0.1, -0.05) is 0 Å². The molecule has 30 heavy (non-hydrogen) atoms. The third-order valence-corrected chi connectivity index (χ3v) is 5.39. The van der Waals surface area contributed by atoms with E-state index in [1.165, 1.54) is 12.1 Å². The molecule has 0 spiro atoms. The van der Waals surface area contributed by atoms with Crippen molar-refractivity contribution in [1.29, 1.82) is 0 Å². The van der Waals surface area contributed by atoms with Crippen LogP contribution in [0.15, 0.2) is 42.6 Å². The van der Waals surface area contributed by atoms with Gasteiger partial charge in [0.25, 0.3) is 5.91 Å². The number of rotatable bonds is 8. The first-order valence-electron chi connectivity index (χ1n) is 10.4. The fraction of sp³-hybridized carbons (Fsp3) is 0.375. The van der Waals surface area contributed by atoms with Crippen LogP contribution >= 0.6 is 0 Å². The Morgan fingerprint density at radius 3 is 2.50 bits per heavy atom. The van der Waals surface area contributed by atoms with Gasteiger partial charge in [-0.2, -0.15) is 0 Å². The van der Waals surface area contributed by atoms with E-state index in [2.05, 4.69) is 55.5 Å². The molecule has 1 aliphatic heterocycles. The molecular weight excluding hydrogens is 379 g/mol. The Balaban J connectivity index is 1.64. The Kier molecular flexibility index (Phi) is 6.77. The monoisotopic (exact) mass is 410 g/mol. The van der Waals surface area contributed by atoms with E-state index in [-0.39, 0.29) is 11.7 Å². The van der Waals surface area contributed by atoms with Crippen molar-refractivity contribution in [2.24, 2.45) is 0 Å². The van der Waals surface area contributed by atoms with Crippen molar-refractivity contribution in [2.75, 3.05) is 29.0 Å². The quantitative estimate of drug-likeness (QED) is 0.532. The van der Waals surface area contributed by atoms with Gasteiger partial charge in [-0.15, -0.1) is 0 Å². The molecule has 160 valence electrons. The number of carbonyl (C=O) groups excluding carboxylic acids is 1. The SMILES string of the molecule is Cc1cc(N/C=C2/C(=O)Nc3ccc(F)cc32)ccc1NCCN(C(C)C)C(C)C. The lowest BCUT2D eigenvalue weighted by Gasteiger charge is -2.30. The van der Waals surface area contributed by atoms with Crippen molar-refractivity contribution < 1.29 is 9.18 Å². The fourth-order valence-corrected chi connectivity index (χ4v) is 3.84. The maximum atomic E-state index is 13.6. The standard InChI is InChI=1S/C24H31FN4O/c1-15(2)29(16(3)4)11-10-26-22-9-7-19(12-17(22)5)27-14-21-20-13-18(25)6-8-23(20)28-24(21)30/h6-9,12-16,26-27H,10-11H2,1-5H3,(H,28,30)/b21-14+. The number of carbonyl (C=O) groups is 1. The number of nitrogens with one attached hydrogen (secondary N) is 3. The lowest BCUT2D eigenvalue weighted by Crippen LogP contribution is -2.40. The van der Waals surface area contributed by atoms with E-state index >= 15 is 0 Å². The summed E-state index contributed by atoms with van der Waals surface area (Å²) in [4.78, 5) is 14.7. The molecule has 0 unspecified atom stereocenters. The molecule has 0 aliphatic carbocycles. The number of anilines is 3. The number of amides is 1. The first-order chi connectivity index (χ1) is 14.3. The number of halogens is 1. The predicted molar refractivity (Wildman–Crippen MR) is 123 cm³/mol. The first-order valence-corrected chi connectivity index (χ1v) is 10.4. The second kappa shape index (κ2) is 9.30. The van der Waals surface area contributed by atoms with E-state index in [0.717, 1.165) is 30.0 Å². The highest BCUT2D eigenvalue weighted by Gasteiger charge is 2.24. The minimum Gasteiger partial charge on any atom is -0.384 e. The van der Waals surface area contributed by atoms with Gasteiger partial charge in [0, 0.05) is 54.0 Å². The summed E-state index contributed by atoms with van der Waals surface area (Å²) in [6.45, 7) is 12.8. The molecule has 0 atom stereocenters. The van der Waals surface area contributed by atoms with Gasteiger partial charge in [-0.3, -0.25) is 9.69 Å². The van der Waals surface area contributed by atoms with E-state index < -0.39 is 0 Å². The van der Waals surface area contributed by atoms with E-state index in [9.17, 15) is 9.18 Å². The summed E-state index contributed by atoms with van der Waals surface area (Å²) in [5.41, 5.74) is 4.69. The van der Waals surface area contributed by atoms with Crippen LogP contribution in [0.2, 0.25) is 0 Å². The molecule has 0 saturated carbocycles. The molecule has 0 bridgehead atoms. The largest absolute Gasteiger partial charge is 0.384 e. The van der Waals surface area contributed by atoms with Crippen LogP contribution in [0, 0.1) is 12.7 Å². The van der Waals surface area contributed by atoms with Gasteiger partial charge < -0.3 is 16.0 Å². The predicted octanol–water partition coefficient (Wildman–Crippen LogP) is 5.07. The zero-order valence-corrected chi connectivity index (χ0v) is 18.3. The average Bonchev–Trinajstić information content (AvgIpc) is 2.98.